The average molecular weight is 479 g/mol. The molecule has 0 radical (unpaired) electrons. The van der Waals surface area contributed by atoms with Crippen molar-refractivity contribution in [1.29, 1.82) is 0 Å². The van der Waals surface area contributed by atoms with Gasteiger partial charge in [-0.1, -0.05) is 37.3 Å². The van der Waals surface area contributed by atoms with Crippen LogP contribution in [0.25, 0.3) is 0 Å². The topological polar surface area (TPSA) is 99.3 Å². The smallest absolute Gasteiger partial charge is 0.315 e. The molecule has 11 heteroatoms. The number of hydrogen-bond donors (Lipinski definition) is 4. The highest BCUT2D eigenvalue weighted by Crippen LogP contribution is 2.33. The van der Waals surface area contributed by atoms with Crippen LogP contribution < -0.4 is 21.3 Å². The summed E-state index contributed by atoms with van der Waals surface area (Å²) in [7, 11) is 0. The van der Waals surface area contributed by atoms with Crippen molar-refractivity contribution in [3.8, 4) is 0 Å². The minimum absolute atomic E-state index is 0.00924. The van der Waals surface area contributed by atoms with E-state index in [-0.39, 0.29) is 35.2 Å². The first kappa shape index (κ1) is 24.6. The Balaban J connectivity index is 1.48. The van der Waals surface area contributed by atoms with E-state index in [9.17, 15) is 14.4 Å². The van der Waals surface area contributed by atoms with Crippen molar-refractivity contribution in [3.63, 3.8) is 0 Å². The molecule has 4 N–H and O–H groups in total. The van der Waals surface area contributed by atoms with Crippen molar-refractivity contribution < 1.29 is 14.4 Å². The Bertz CT molecular complexity index is 608. The quantitative estimate of drug-likeness (QED) is 0.205. The molecule has 0 bridgehead atoms. The number of nitrogens with one attached hydrogen (secondary N) is 4. The minimum atomic E-state index is -0.231. The van der Waals surface area contributed by atoms with Crippen LogP contribution >= 0.6 is 47.5 Å². The number of carbonyl (C=O) groups excluding carboxylic acids is 3. The summed E-state index contributed by atoms with van der Waals surface area (Å²) in [4.78, 5) is 35.3. The van der Waals surface area contributed by atoms with Gasteiger partial charge < -0.3 is 21.3 Å². The number of unbranched alkanes of at least 4 members (excludes halogenated alkanes) is 1. The van der Waals surface area contributed by atoms with E-state index in [1.165, 1.54) is 11.8 Å². The maximum Gasteiger partial charge on any atom is 0.315 e. The van der Waals surface area contributed by atoms with Crippen LogP contribution in [0.5, 0.6) is 0 Å². The molecule has 0 aromatic carbocycles. The summed E-state index contributed by atoms with van der Waals surface area (Å²) in [6, 6.07) is 0.408. The average Bonchev–Trinajstić information content (AvgIpc) is 3.21. The molecule has 2 heterocycles. The summed E-state index contributed by atoms with van der Waals surface area (Å²) in [6.07, 6.45) is 3.28. The number of thioether (sulfide) groups is 3. The van der Waals surface area contributed by atoms with E-state index < -0.39 is 0 Å². The number of thiocarbonyl (C=S) groups is 1. The lowest BCUT2D eigenvalue weighted by Gasteiger charge is -2.16. The molecule has 29 heavy (non-hydrogen) atoms. The molecular formula is C18H30N4O3S4. The van der Waals surface area contributed by atoms with Crippen LogP contribution in [0.1, 0.15) is 39.5 Å². The Hall–Kier alpha value is -0.650. The molecule has 0 aromatic rings. The third-order valence-electron chi connectivity index (χ3n) is 4.73. The summed E-state index contributed by atoms with van der Waals surface area (Å²) >= 11 is 10.0. The fraction of sp³-hybridized carbons (Fsp3) is 0.778. The first-order valence-corrected chi connectivity index (χ1v) is 13.3. The molecular weight excluding hydrogens is 448 g/mol. The third kappa shape index (κ3) is 8.55. The number of urea groups is 1. The molecule has 1 unspecified atom stereocenters. The first-order chi connectivity index (χ1) is 13.9. The third-order valence-corrected chi connectivity index (χ3v) is 8.81. The molecule has 0 aliphatic carbocycles. The predicted octanol–water partition coefficient (Wildman–Crippen LogP) is 2.10. The second-order valence-electron chi connectivity index (χ2n) is 6.95. The summed E-state index contributed by atoms with van der Waals surface area (Å²) < 4.78 is 0.779. The van der Waals surface area contributed by atoms with Gasteiger partial charge in [-0.3, -0.25) is 9.59 Å². The largest absolute Gasteiger partial charge is 0.354 e. The van der Waals surface area contributed by atoms with Crippen LogP contribution in [0.2, 0.25) is 0 Å². The summed E-state index contributed by atoms with van der Waals surface area (Å²) in [5, 5.41) is 11.8. The van der Waals surface area contributed by atoms with Crippen molar-refractivity contribution in [1.82, 2.24) is 21.3 Å². The van der Waals surface area contributed by atoms with Crippen molar-refractivity contribution in [3.05, 3.63) is 0 Å². The van der Waals surface area contributed by atoms with Crippen LogP contribution in [-0.4, -0.2) is 68.6 Å². The Morgan fingerprint density at radius 1 is 1.28 bits per heavy atom. The van der Waals surface area contributed by atoms with Crippen molar-refractivity contribution in [2.24, 2.45) is 0 Å². The van der Waals surface area contributed by atoms with Crippen LogP contribution in [0, 0.1) is 0 Å². The molecule has 0 aromatic heterocycles. The zero-order valence-corrected chi connectivity index (χ0v) is 20.1. The Labute approximate surface area is 190 Å². The zero-order chi connectivity index (χ0) is 21.2. The number of hydrogen-bond acceptors (Lipinski definition) is 7. The number of amides is 4. The Morgan fingerprint density at radius 3 is 2.79 bits per heavy atom. The molecule has 4 amide bonds. The molecule has 0 saturated carbocycles. The first-order valence-electron chi connectivity index (χ1n) is 9.97. The van der Waals surface area contributed by atoms with Gasteiger partial charge in [-0.25, -0.2) is 4.79 Å². The van der Waals surface area contributed by atoms with Gasteiger partial charge in [-0.05, 0) is 25.5 Å². The molecule has 164 valence electrons. The maximum atomic E-state index is 12.0. The fourth-order valence-electron chi connectivity index (χ4n) is 3.24. The van der Waals surface area contributed by atoms with E-state index >= 15 is 0 Å². The second kappa shape index (κ2) is 12.9. The Kier molecular flexibility index (Phi) is 11.0. The fourth-order valence-corrected chi connectivity index (χ4v) is 7.35. The van der Waals surface area contributed by atoms with Gasteiger partial charge in [0, 0.05) is 30.5 Å². The molecule has 2 aliphatic rings. The van der Waals surface area contributed by atoms with Crippen molar-refractivity contribution >= 4 is 68.9 Å². The standard InChI is InChI=1S/C18H30N4O3S4/c1-3-27-18(26)29-11(2)16(24)20-9-8-19-14(23)7-5-4-6-13-15-12(10-28-13)21-17(25)22-15/h11-13,15H,3-10H2,1-2H3,(H,19,23)(H,20,24)(H2,21,22,25)/t11?,12-,13-,15-/m0/s1. The summed E-state index contributed by atoms with van der Waals surface area (Å²) in [6.45, 7) is 4.70. The predicted molar refractivity (Wildman–Crippen MR) is 128 cm³/mol. The molecule has 0 spiro atoms. The van der Waals surface area contributed by atoms with E-state index in [1.807, 2.05) is 25.6 Å². The number of carbonyl (C=O) groups is 3. The van der Waals surface area contributed by atoms with Gasteiger partial charge in [-0.2, -0.15) is 11.8 Å². The summed E-state index contributed by atoms with van der Waals surface area (Å²) in [5.41, 5.74) is 0. The lowest BCUT2D eigenvalue weighted by atomic mass is 10.0. The van der Waals surface area contributed by atoms with E-state index in [2.05, 4.69) is 21.3 Å². The molecule has 2 rings (SSSR count). The summed E-state index contributed by atoms with van der Waals surface area (Å²) in [5.74, 6) is 1.81. The van der Waals surface area contributed by atoms with Crippen molar-refractivity contribution in [2.75, 3.05) is 24.6 Å². The highest BCUT2D eigenvalue weighted by Gasteiger charge is 2.42. The molecule has 7 nitrogen and oxygen atoms in total. The second-order valence-corrected chi connectivity index (χ2v) is 12.0. The SMILES string of the molecule is CCSC(=S)SC(C)C(=O)NCCNC(=O)CCCC[C@@H]1SC[C@@H]2NC(=O)N[C@@H]21. The normalized spacial score (nSPS) is 23.7. The van der Waals surface area contributed by atoms with Crippen LogP contribution in [0.15, 0.2) is 0 Å². The highest BCUT2D eigenvalue weighted by atomic mass is 32.2. The lowest BCUT2D eigenvalue weighted by molar-refractivity contribution is -0.122. The van der Waals surface area contributed by atoms with Gasteiger partial charge in [0.15, 0.2) is 0 Å². The molecule has 4 atom stereocenters. The van der Waals surface area contributed by atoms with Gasteiger partial charge in [0.2, 0.25) is 11.8 Å². The monoisotopic (exact) mass is 478 g/mol. The van der Waals surface area contributed by atoms with Crippen LogP contribution in [0.3, 0.4) is 0 Å². The molecule has 2 saturated heterocycles. The van der Waals surface area contributed by atoms with E-state index in [0.29, 0.717) is 24.8 Å². The zero-order valence-electron chi connectivity index (χ0n) is 16.8. The van der Waals surface area contributed by atoms with Gasteiger partial charge in [0.05, 0.1) is 17.3 Å². The van der Waals surface area contributed by atoms with Gasteiger partial charge >= 0.3 is 6.03 Å². The minimum Gasteiger partial charge on any atom is -0.354 e. The molecule has 2 fully saturated rings. The van der Waals surface area contributed by atoms with Crippen LogP contribution in [0.4, 0.5) is 4.79 Å². The maximum absolute atomic E-state index is 12.0. The molecule has 2 aliphatic heterocycles. The number of rotatable bonds is 11. The van der Waals surface area contributed by atoms with Crippen LogP contribution in [-0.2, 0) is 9.59 Å². The van der Waals surface area contributed by atoms with Crippen molar-refractivity contribution in [2.45, 2.75) is 62.1 Å². The van der Waals surface area contributed by atoms with Gasteiger partial charge in [0.25, 0.3) is 0 Å². The van der Waals surface area contributed by atoms with E-state index in [4.69, 9.17) is 12.2 Å². The van der Waals surface area contributed by atoms with E-state index in [0.717, 1.165) is 34.3 Å². The lowest BCUT2D eigenvalue weighted by Crippen LogP contribution is -2.38. The van der Waals surface area contributed by atoms with E-state index in [1.54, 1.807) is 11.8 Å². The van der Waals surface area contributed by atoms with Gasteiger partial charge in [0.1, 0.15) is 3.53 Å². The Morgan fingerprint density at radius 2 is 2.03 bits per heavy atom. The number of fused-ring (bicyclic) bond motifs is 1. The van der Waals surface area contributed by atoms with Gasteiger partial charge in [-0.15, -0.1) is 11.8 Å². The highest BCUT2D eigenvalue weighted by molar-refractivity contribution is 8.47.